The number of hydrogen-bond acceptors (Lipinski definition) is 4. The summed E-state index contributed by atoms with van der Waals surface area (Å²) in [5.74, 6) is 0.854. The monoisotopic (exact) mass is 264 g/mol. The summed E-state index contributed by atoms with van der Waals surface area (Å²) in [6, 6.07) is 5.82. The summed E-state index contributed by atoms with van der Waals surface area (Å²) in [7, 11) is 0. The van der Waals surface area contributed by atoms with Crippen LogP contribution in [-0.2, 0) is 11.3 Å². The third kappa shape index (κ3) is 4.05. The summed E-state index contributed by atoms with van der Waals surface area (Å²) in [4.78, 5) is 11.5. The van der Waals surface area contributed by atoms with Gasteiger partial charge in [-0.1, -0.05) is 6.07 Å². The second-order valence-electron chi connectivity index (χ2n) is 5.46. The smallest absolute Gasteiger partial charge is 0.407 e. The van der Waals surface area contributed by atoms with Crippen LogP contribution in [0.1, 0.15) is 26.3 Å². The summed E-state index contributed by atoms with van der Waals surface area (Å²) < 4.78 is 10.7. The minimum atomic E-state index is -0.477. The van der Waals surface area contributed by atoms with Gasteiger partial charge >= 0.3 is 6.09 Å². The van der Waals surface area contributed by atoms with Crippen LogP contribution in [0.5, 0.6) is 5.75 Å². The highest BCUT2D eigenvalue weighted by Gasteiger charge is 2.16. The van der Waals surface area contributed by atoms with Gasteiger partial charge in [0.2, 0.25) is 0 Å². The van der Waals surface area contributed by atoms with Crippen molar-refractivity contribution >= 4 is 11.8 Å². The van der Waals surface area contributed by atoms with E-state index >= 15 is 0 Å². The molecular weight excluding hydrogens is 244 g/mol. The van der Waals surface area contributed by atoms with E-state index in [0.717, 1.165) is 23.5 Å². The number of carbonyl (C=O) groups is 1. The molecule has 1 aliphatic rings. The molecular formula is C14H20N2O3. The molecule has 1 aromatic carbocycles. The maximum Gasteiger partial charge on any atom is 0.407 e. The van der Waals surface area contributed by atoms with Crippen molar-refractivity contribution in [1.29, 1.82) is 0 Å². The van der Waals surface area contributed by atoms with E-state index < -0.39 is 11.7 Å². The van der Waals surface area contributed by atoms with Gasteiger partial charge in [0, 0.05) is 13.1 Å². The van der Waals surface area contributed by atoms with E-state index in [2.05, 4.69) is 10.6 Å². The van der Waals surface area contributed by atoms with Crippen LogP contribution in [0.2, 0.25) is 0 Å². The van der Waals surface area contributed by atoms with E-state index in [4.69, 9.17) is 9.47 Å². The predicted octanol–water partition coefficient (Wildman–Crippen LogP) is 2.52. The minimum Gasteiger partial charge on any atom is -0.490 e. The van der Waals surface area contributed by atoms with Crippen molar-refractivity contribution in [1.82, 2.24) is 5.32 Å². The summed E-state index contributed by atoms with van der Waals surface area (Å²) in [5, 5.41) is 5.99. The van der Waals surface area contributed by atoms with Gasteiger partial charge in [-0.05, 0) is 38.5 Å². The van der Waals surface area contributed by atoms with Gasteiger partial charge in [0.05, 0.1) is 5.69 Å². The molecule has 0 radical (unpaired) electrons. The van der Waals surface area contributed by atoms with Crippen molar-refractivity contribution in [3.63, 3.8) is 0 Å². The number of benzene rings is 1. The Bertz CT molecular complexity index is 466. The van der Waals surface area contributed by atoms with Crippen LogP contribution in [0.15, 0.2) is 18.2 Å². The highest BCUT2D eigenvalue weighted by Crippen LogP contribution is 2.27. The lowest BCUT2D eigenvalue weighted by molar-refractivity contribution is 0.0523. The van der Waals surface area contributed by atoms with Gasteiger partial charge in [-0.25, -0.2) is 4.79 Å². The normalized spacial score (nSPS) is 13.8. The van der Waals surface area contributed by atoms with Gasteiger partial charge in [-0.2, -0.15) is 0 Å². The second kappa shape index (κ2) is 5.38. The molecule has 0 spiro atoms. The zero-order valence-corrected chi connectivity index (χ0v) is 11.6. The molecule has 0 aromatic heterocycles. The number of alkyl carbamates (subject to hydrolysis) is 1. The van der Waals surface area contributed by atoms with Crippen molar-refractivity contribution in [3.05, 3.63) is 23.8 Å². The van der Waals surface area contributed by atoms with E-state index in [-0.39, 0.29) is 0 Å². The Labute approximate surface area is 113 Å². The van der Waals surface area contributed by atoms with Crippen molar-refractivity contribution in [2.45, 2.75) is 32.9 Å². The highest BCUT2D eigenvalue weighted by molar-refractivity contribution is 5.68. The van der Waals surface area contributed by atoms with Crippen LogP contribution < -0.4 is 15.4 Å². The van der Waals surface area contributed by atoms with Gasteiger partial charge in [0.25, 0.3) is 0 Å². The number of nitrogens with one attached hydrogen (secondary N) is 2. The fourth-order valence-corrected chi connectivity index (χ4v) is 1.79. The predicted molar refractivity (Wildman–Crippen MR) is 73.5 cm³/mol. The molecule has 5 nitrogen and oxygen atoms in total. The van der Waals surface area contributed by atoms with E-state index in [9.17, 15) is 4.79 Å². The lowest BCUT2D eigenvalue weighted by Crippen LogP contribution is -2.32. The van der Waals surface area contributed by atoms with Crippen molar-refractivity contribution in [2.75, 3.05) is 18.5 Å². The molecule has 0 unspecified atom stereocenters. The zero-order chi connectivity index (χ0) is 13.9. The molecule has 104 valence electrons. The van der Waals surface area contributed by atoms with Crippen LogP contribution >= 0.6 is 0 Å². The number of amides is 1. The molecule has 19 heavy (non-hydrogen) atoms. The van der Waals surface area contributed by atoms with Crippen LogP contribution in [0.4, 0.5) is 10.5 Å². The Hall–Kier alpha value is -1.91. The van der Waals surface area contributed by atoms with Crippen LogP contribution in [0.3, 0.4) is 0 Å². The fourth-order valence-electron chi connectivity index (χ4n) is 1.79. The molecule has 0 atom stereocenters. The Kier molecular flexibility index (Phi) is 3.83. The Morgan fingerprint density at radius 3 is 3.00 bits per heavy atom. The molecule has 1 aromatic rings. The first-order valence-electron chi connectivity index (χ1n) is 6.40. The minimum absolute atomic E-state index is 0.408. The number of fused-ring (bicyclic) bond motifs is 1. The number of hydrogen-bond donors (Lipinski definition) is 2. The first kappa shape index (κ1) is 13.5. The van der Waals surface area contributed by atoms with Gasteiger partial charge in [0.15, 0.2) is 0 Å². The first-order valence-corrected chi connectivity index (χ1v) is 6.40. The standard InChI is InChI=1S/C14H20N2O3/c1-14(2,3)19-13(17)16-9-10-4-5-12-11(8-10)15-6-7-18-12/h4-5,8,15H,6-7,9H2,1-3H3,(H,16,17). The Balaban J connectivity index is 1.91. The van der Waals surface area contributed by atoms with Crippen LogP contribution in [-0.4, -0.2) is 24.8 Å². The molecule has 0 bridgehead atoms. The molecule has 2 rings (SSSR count). The summed E-state index contributed by atoms with van der Waals surface area (Å²) in [6.45, 7) is 7.44. The van der Waals surface area contributed by atoms with Crippen molar-refractivity contribution in [3.8, 4) is 5.75 Å². The van der Waals surface area contributed by atoms with Gasteiger partial charge in [-0.15, -0.1) is 0 Å². The Morgan fingerprint density at radius 2 is 2.26 bits per heavy atom. The van der Waals surface area contributed by atoms with E-state index in [1.54, 1.807) is 0 Å². The molecule has 5 heteroatoms. The number of anilines is 1. The quantitative estimate of drug-likeness (QED) is 0.861. The lowest BCUT2D eigenvalue weighted by Gasteiger charge is -2.21. The Morgan fingerprint density at radius 1 is 1.47 bits per heavy atom. The van der Waals surface area contributed by atoms with Crippen LogP contribution in [0.25, 0.3) is 0 Å². The van der Waals surface area contributed by atoms with E-state index in [0.29, 0.717) is 13.2 Å². The van der Waals surface area contributed by atoms with Crippen molar-refractivity contribution < 1.29 is 14.3 Å². The summed E-state index contributed by atoms with van der Waals surface area (Å²) in [6.07, 6.45) is -0.408. The van der Waals surface area contributed by atoms with Gasteiger partial charge in [-0.3, -0.25) is 0 Å². The number of ether oxygens (including phenoxy) is 2. The van der Waals surface area contributed by atoms with Gasteiger partial charge < -0.3 is 20.1 Å². The molecule has 1 amide bonds. The maximum atomic E-state index is 11.5. The van der Waals surface area contributed by atoms with Crippen molar-refractivity contribution in [2.24, 2.45) is 0 Å². The number of rotatable bonds is 2. The average Bonchev–Trinajstić information content (AvgIpc) is 2.34. The largest absolute Gasteiger partial charge is 0.490 e. The third-order valence-electron chi connectivity index (χ3n) is 2.55. The average molecular weight is 264 g/mol. The molecule has 0 aliphatic carbocycles. The molecule has 0 saturated carbocycles. The second-order valence-corrected chi connectivity index (χ2v) is 5.46. The maximum absolute atomic E-state index is 11.5. The molecule has 1 aliphatic heterocycles. The molecule has 2 N–H and O–H groups in total. The van der Waals surface area contributed by atoms with Crippen LogP contribution in [0, 0.1) is 0 Å². The summed E-state index contributed by atoms with van der Waals surface area (Å²) >= 11 is 0. The summed E-state index contributed by atoms with van der Waals surface area (Å²) in [5.41, 5.74) is 1.49. The molecule has 0 saturated heterocycles. The SMILES string of the molecule is CC(C)(C)OC(=O)NCc1ccc2c(c1)NCCO2. The first-order chi connectivity index (χ1) is 8.94. The van der Waals surface area contributed by atoms with E-state index in [1.807, 2.05) is 39.0 Å². The fraction of sp³-hybridized carbons (Fsp3) is 0.500. The number of carbonyl (C=O) groups excluding carboxylic acids is 1. The van der Waals surface area contributed by atoms with Gasteiger partial charge in [0.1, 0.15) is 18.0 Å². The van der Waals surface area contributed by atoms with E-state index in [1.165, 1.54) is 0 Å². The zero-order valence-electron chi connectivity index (χ0n) is 11.6. The highest BCUT2D eigenvalue weighted by atomic mass is 16.6. The lowest BCUT2D eigenvalue weighted by atomic mass is 10.1. The third-order valence-corrected chi connectivity index (χ3v) is 2.55. The molecule has 1 heterocycles. The molecule has 0 fully saturated rings. The topological polar surface area (TPSA) is 59.6 Å².